The summed E-state index contributed by atoms with van der Waals surface area (Å²) in [5.41, 5.74) is 3.57. The average Bonchev–Trinajstić information content (AvgIpc) is 3.53. The summed E-state index contributed by atoms with van der Waals surface area (Å²) in [5.74, 6) is -0.00399. The fourth-order valence-corrected chi connectivity index (χ4v) is 4.40. The molecule has 188 valence electrons. The minimum atomic E-state index is -0.988. The number of hydrogen-bond donors (Lipinski definition) is 2. The quantitative estimate of drug-likeness (QED) is 0.394. The van der Waals surface area contributed by atoms with Crippen molar-refractivity contribution in [3.8, 4) is 22.6 Å². The highest BCUT2D eigenvalue weighted by molar-refractivity contribution is 6.10. The number of carboxylic acid groups (broad SMARTS) is 1. The molecule has 2 aromatic carbocycles. The third-order valence-electron chi connectivity index (χ3n) is 6.94. The summed E-state index contributed by atoms with van der Waals surface area (Å²) < 4.78 is 1.75. The second-order valence-electron chi connectivity index (χ2n) is 9.75. The Bertz CT molecular complexity index is 1490. The molecule has 2 aromatic heterocycles. The van der Waals surface area contributed by atoms with Crippen molar-refractivity contribution in [2.75, 3.05) is 11.5 Å². The number of rotatable bonds is 7. The first-order chi connectivity index (χ1) is 17.7. The molecule has 2 N–H and O–H groups in total. The molecule has 9 heteroatoms. The number of nitrogens with zero attached hydrogens (tertiary/aromatic N) is 5. The van der Waals surface area contributed by atoms with Crippen molar-refractivity contribution >= 4 is 17.7 Å². The van der Waals surface area contributed by atoms with Crippen LogP contribution in [0.25, 0.3) is 22.6 Å². The van der Waals surface area contributed by atoms with Crippen molar-refractivity contribution in [1.29, 1.82) is 0 Å². The molecule has 5 rings (SSSR count). The lowest BCUT2D eigenvalue weighted by atomic mass is 9.84. The second kappa shape index (κ2) is 9.25. The van der Waals surface area contributed by atoms with E-state index in [-0.39, 0.29) is 18.6 Å². The zero-order valence-corrected chi connectivity index (χ0v) is 20.8. The Hall–Kier alpha value is -4.37. The molecule has 0 fully saturated rings. The lowest BCUT2D eigenvalue weighted by Gasteiger charge is -2.20. The van der Waals surface area contributed by atoms with Crippen molar-refractivity contribution in [1.82, 2.24) is 19.7 Å². The molecule has 4 aromatic rings. The first-order valence-electron chi connectivity index (χ1n) is 12.0. The lowest BCUT2D eigenvalue weighted by molar-refractivity contribution is -0.142. The summed E-state index contributed by atoms with van der Waals surface area (Å²) in [6, 6.07) is 18.4. The largest absolute Gasteiger partial charge is 0.481 e. The van der Waals surface area contributed by atoms with E-state index in [0.717, 1.165) is 16.7 Å². The molecule has 9 nitrogen and oxygen atoms in total. The van der Waals surface area contributed by atoms with Gasteiger partial charge in [-0.1, -0.05) is 42.5 Å². The van der Waals surface area contributed by atoms with Gasteiger partial charge in [-0.05, 0) is 61.2 Å². The van der Waals surface area contributed by atoms with E-state index in [0.29, 0.717) is 35.0 Å². The number of anilines is 1. The van der Waals surface area contributed by atoms with Gasteiger partial charge in [-0.2, -0.15) is 0 Å². The maximum Gasteiger partial charge on any atom is 0.313 e. The molecule has 0 bridgehead atoms. The number of carbonyl (C=O) groups is 2. The van der Waals surface area contributed by atoms with E-state index in [2.05, 4.69) is 15.2 Å². The predicted molar refractivity (Wildman–Crippen MR) is 138 cm³/mol. The standard InChI is InChI=1S/C28H27N5O4/c1-17(15-34)33-16-29-31-25(33)23-5-4-6-24(30-23)32-14-20-8-7-19(13-22(20)26(32)35)18-9-11-21(12-10-18)28(2,3)27(36)37/h4-13,16-17,34H,14-15H2,1-3H3,(H,36,37). The van der Waals surface area contributed by atoms with E-state index in [1.54, 1.807) is 41.8 Å². The molecule has 1 atom stereocenters. The van der Waals surface area contributed by atoms with Gasteiger partial charge in [0.05, 0.1) is 24.6 Å². The zero-order chi connectivity index (χ0) is 26.3. The first kappa shape index (κ1) is 24.3. The van der Waals surface area contributed by atoms with Crippen LogP contribution in [0, 0.1) is 0 Å². The van der Waals surface area contributed by atoms with E-state index in [1.165, 1.54) is 0 Å². The molecule has 1 amide bonds. The molecule has 1 aliphatic heterocycles. The van der Waals surface area contributed by atoms with Crippen LogP contribution < -0.4 is 4.90 Å². The van der Waals surface area contributed by atoms with Crippen LogP contribution in [-0.2, 0) is 16.8 Å². The van der Waals surface area contributed by atoms with Crippen LogP contribution in [0.5, 0.6) is 0 Å². The Morgan fingerprint density at radius 1 is 1.08 bits per heavy atom. The fraction of sp³-hybridized carbons (Fsp3) is 0.250. The molecule has 0 radical (unpaired) electrons. The van der Waals surface area contributed by atoms with Crippen molar-refractivity contribution in [2.45, 2.75) is 38.8 Å². The van der Waals surface area contributed by atoms with Gasteiger partial charge in [-0.25, -0.2) is 4.98 Å². The summed E-state index contributed by atoms with van der Waals surface area (Å²) >= 11 is 0. The Kier molecular flexibility index (Phi) is 6.08. The fourth-order valence-electron chi connectivity index (χ4n) is 4.40. The molecule has 0 spiro atoms. The number of aromatic nitrogens is 4. The average molecular weight is 498 g/mol. The number of aliphatic hydroxyl groups is 1. The van der Waals surface area contributed by atoms with Crippen LogP contribution >= 0.6 is 0 Å². The molecule has 0 saturated heterocycles. The number of aliphatic hydroxyl groups excluding tert-OH is 1. The molecule has 0 aliphatic carbocycles. The molecule has 0 saturated carbocycles. The zero-order valence-electron chi connectivity index (χ0n) is 20.8. The Labute approximate surface area is 214 Å². The monoisotopic (exact) mass is 497 g/mol. The molecule has 1 unspecified atom stereocenters. The van der Waals surface area contributed by atoms with Gasteiger partial charge in [-0.15, -0.1) is 10.2 Å². The number of benzene rings is 2. The first-order valence-corrected chi connectivity index (χ1v) is 12.0. The van der Waals surface area contributed by atoms with Crippen molar-refractivity contribution < 1.29 is 19.8 Å². The SMILES string of the molecule is CC(CO)n1cnnc1-c1cccc(N2Cc3ccc(-c4ccc(C(C)(C)C(=O)O)cc4)cc3C2=O)n1. The Morgan fingerprint density at radius 3 is 2.51 bits per heavy atom. The lowest BCUT2D eigenvalue weighted by Crippen LogP contribution is -2.28. The maximum atomic E-state index is 13.4. The van der Waals surface area contributed by atoms with Crippen LogP contribution in [0.2, 0.25) is 0 Å². The van der Waals surface area contributed by atoms with Gasteiger partial charge in [0, 0.05) is 5.56 Å². The number of carbonyl (C=O) groups excluding carboxylic acids is 1. The summed E-state index contributed by atoms with van der Waals surface area (Å²) in [5, 5.41) is 27.2. The van der Waals surface area contributed by atoms with Crippen LogP contribution in [0.3, 0.4) is 0 Å². The van der Waals surface area contributed by atoms with Crippen LogP contribution in [0.15, 0.2) is 67.0 Å². The van der Waals surface area contributed by atoms with Gasteiger partial charge < -0.3 is 14.8 Å². The van der Waals surface area contributed by atoms with Gasteiger partial charge in [0.2, 0.25) is 0 Å². The minimum Gasteiger partial charge on any atom is -0.481 e. The number of fused-ring (bicyclic) bond motifs is 1. The van der Waals surface area contributed by atoms with E-state index in [1.807, 2.05) is 55.5 Å². The number of aliphatic carboxylic acids is 1. The van der Waals surface area contributed by atoms with Crippen molar-refractivity contribution in [3.05, 3.63) is 83.7 Å². The topological polar surface area (TPSA) is 121 Å². The highest BCUT2D eigenvalue weighted by Gasteiger charge is 2.31. The van der Waals surface area contributed by atoms with Gasteiger partial charge in [0.25, 0.3) is 5.91 Å². The van der Waals surface area contributed by atoms with E-state index in [4.69, 9.17) is 0 Å². The van der Waals surface area contributed by atoms with Gasteiger partial charge >= 0.3 is 5.97 Å². The van der Waals surface area contributed by atoms with Gasteiger partial charge in [0.15, 0.2) is 5.82 Å². The maximum absolute atomic E-state index is 13.4. The molecule has 3 heterocycles. The number of carboxylic acids is 1. The number of amides is 1. The normalized spacial score (nSPS) is 14.1. The molecular weight excluding hydrogens is 470 g/mol. The summed E-state index contributed by atoms with van der Waals surface area (Å²) in [6.45, 7) is 5.54. The third-order valence-corrected chi connectivity index (χ3v) is 6.94. The number of hydrogen-bond acceptors (Lipinski definition) is 6. The molecule has 37 heavy (non-hydrogen) atoms. The van der Waals surface area contributed by atoms with Crippen LogP contribution in [0.4, 0.5) is 5.82 Å². The number of pyridine rings is 1. The van der Waals surface area contributed by atoms with E-state index < -0.39 is 11.4 Å². The highest BCUT2D eigenvalue weighted by atomic mass is 16.4. The van der Waals surface area contributed by atoms with Gasteiger partial charge in [-0.3, -0.25) is 14.5 Å². The summed E-state index contributed by atoms with van der Waals surface area (Å²) in [4.78, 5) is 31.3. The molecule has 1 aliphatic rings. The minimum absolute atomic E-state index is 0.0625. The highest BCUT2D eigenvalue weighted by Crippen LogP contribution is 2.33. The molecular formula is C28H27N5O4. The smallest absolute Gasteiger partial charge is 0.313 e. The summed E-state index contributed by atoms with van der Waals surface area (Å²) in [7, 11) is 0. The van der Waals surface area contributed by atoms with Crippen LogP contribution in [0.1, 0.15) is 48.3 Å². The Balaban J connectivity index is 1.42. The van der Waals surface area contributed by atoms with Crippen molar-refractivity contribution in [3.63, 3.8) is 0 Å². The predicted octanol–water partition coefficient (Wildman–Crippen LogP) is 4.08. The summed E-state index contributed by atoms with van der Waals surface area (Å²) in [6.07, 6.45) is 1.55. The van der Waals surface area contributed by atoms with Crippen LogP contribution in [-0.4, -0.2) is 48.4 Å². The second-order valence-corrected chi connectivity index (χ2v) is 9.75. The van der Waals surface area contributed by atoms with Gasteiger partial charge in [0.1, 0.15) is 17.8 Å². The van der Waals surface area contributed by atoms with Crippen molar-refractivity contribution in [2.24, 2.45) is 0 Å². The van der Waals surface area contributed by atoms with E-state index in [9.17, 15) is 19.8 Å². The third kappa shape index (κ3) is 4.27. The Morgan fingerprint density at radius 2 is 1.81 bits per heavy atom. The van der Waals surface area contributed by atoms with E-state index >= 15 is 0 Å².